The molecule has 1 aliphatic carbocycles. The van der Waals surface area contributed by atoms with E-state index in [4.69, 9.17) is 17.0 Å². The van der Waals surface area contributed by atoms with Crippen LogP contribution in [0.15, 0.2) is 24.3 Å². The molecule has 0 aromatic heterocycles. The number of anilines is 1. The molecule has 6 nitrogen and oxygen atoms in total. The van der Waals surface area contributed by atoms with Gasteiger partial charge in [0.1, 0.15) is 0 Å². The number of rotatable bonds is 7. The van der Waals surface area contributed by atoms with Gasteiger partial charge in [-0.25, -0.2) is 0 Å². The fourth-order valence-electron chi connectivity index (χ4n) is 2.92. The Hall–Kier alpha value is -1.99. The van der Waals surface area contributed by atoms with Crippen molar-refractivity contribution >= 4 is 34.8 Å². The summed E-state index contributed by atoms with van der Waals surface area (Å²) in [6.07, 6.45) is 5.17. The number of methoxy groups -OCH3 is 1. The summed E-state index contributed by atoms with van der Waals surface area (Å²) < 4.78 is 4.90. The number of ether oxygens (including phenoxy) is 1. The van der Waals surface area contributed by atoms with E-state index in [1.165, 1.54) is 12.8 Å². The van der Waals surface area contributed by atoms with E-state index in [9.17, 15) is 9.59 Å². The van der Waals surface area contributed by atoms with Crippen molar-refractivity contribution in [3.63, 3.8) is 0 Å². The molecule has 2 rings (SSSR count). The summed E-state index contributed by atoms with van der Waals surface area (Å²) in [6, 6.07) is 6.96. The van der Waals surface area contributed by atoms with Crippen LogP contribution < -0.4 is 16.0 Å². The highest BCUT2D eigenvalue weighted by Gasteiger charge is 2.18. The van der Waals surface area contributed by atoms with Gasteiger partial charge in [0.05, 0.1) is 6.61 Å². The summed E-state index contributed by atoms with van der Waals surface area (Å²) in [7, 11) is 1.58. The molecule has 3 N–H and O–H groups in total. The molecule has 136 valence electrons. The second-order valence-corrected chi connectivity index (χ2v) is 6.59. The van der Waals surface area contributed by atoms with E-state index in [1.807, 2.05) is 0 Å². The summed E-state index contributed by atoms with van der Waals surface area (Å²) >= 11 is 5.19. The van der Waals surface area contributed by atoms with Crippen LogP contribution in [-0.4, -0.2) is 37.2 Å². The van der Waals surface area contributed by atoms with E-state index < -0.39 is 0 Å². The third-order valence-electron chi connectivity index (χ3n) is 4.18. The lowest BCUT2D eigenvalue weighted by Crippen LogP contribution is -2.35. The van der Waals surface area contributed by atoms with Crippen molar-refractivity contribution in [1.29, 1.82) is 0 Å². The molecule has 0 bridgehead atoms. The van der Waals surface area contributed by atoms with Crippen molar-refractivity contribution in [1.82, 2.24) is 10.6 Å². The zero-order valence-corrected chi connectivity index (χ0v) is 15.3. The molecule has 0 atom stereocenters. The number of carbonyl (C=O) groups is 2. The summed E-state index contributed by atoms with van der Waals surface area (Å²) in [6.45, 7) is 0.906. The number of hydrogen-bond donors (Lipinski definition) is 3. The van der Waals surface area contributed by atoms with Gasteiger partial charge < -0.3 is 20.7 Å². The molecule has 1 saturated carbocycles. The lowest BCUT2D eigenvalue weighted by Gasteiger charge is -2.12. The molecular weight excluding hydrogens is 338 g/mol. The molecule has 2 amide bonds. The number of nitrogens with one attached hydrogen (secondary N) is 3. The Kier molecular flexibility index (Phi) is 7.81. The fourth-order valence-corrected chi connectivity index (χ4v) is 3.16. The number of hydrogen-bond acceptors (Lipinski definition) is 4. The van der Waals surface area contributed by atoms with Crippen LogP contribution in [0.2, 0.25) is 0 Å². The number of benzene rings is 1. The van der Waals surface area contributed by atoms with Gasteiger partial charge in [0, 0.05) is 31.3 Å². The summed E-state index contributed by atoms with van der Waals surface area (Å²) in [4.78, 5) is 24.0. The number of amides is 2. The third kappa shape index (κ3) is 6.80. The molecule has 1 aromatic carbocycles. The smallest absolute Gasteiger partial charge is 0.251 e. The maximum absolute atomic E-state index is 12.0. The van der Waals surface area contributed by atoms with E-state index in [0.29, 0.717) is 36.7 Å². The van der Waals surface area contributed by atoms with Crippen LogP contribution in [0.25, 0.3) is 0 Å². The first-order valence-electron chi connectivity index (χ1n) is 8.56. The van der Waals surface area contributed by atoms with E-state index in [-0.39, 0.29) is 16.9 Å². The van der Waals surface area contributed by atoms with Gasteiger partial charge in [-0.2, -0.15) is 0 Å². The van der Waals surface area contributed by atoms with Crippen LogP contribution in [0.4, 0.5) is 5.69 Å². The molecule has 0 heterocycles. The Balaban J connectivity index is 1.82. The van der Waals surface area contributed by atoms with Crippen LogP contribution >= 0.6 is 12.2 Å². The predicted octanol–water partition coefficient (Wildman–Crippen LogP) is 2.46. The minimum atomic E-state index is -0.183. The molecule has 0 spiro atoms. The van der Waals surface area contributed by atoms with Crippen LogP contribution in [0.3, 0.4) is 0 Å². The normalized spacial score (nSPS) is 14.1. The van der Waals surface area contributed by atoms with Gasteiger partial charge in [-0.1, -0.05) is 18.9 Å². The molecule has 0 radical (unpaired) electrons. The van der Waals surface area contributed by atoms with Gasteiger partial charge in [-0.05, 0) is 49.2 Å². The second kappa shape index (κ2) is 10.1. The Morgan fingerprint density at radius 1 is 1.28 bits per heavy atom. The van der Waals surface area contributed by atoms with E-state index in [1.54, 1.807) is 31.4 Å². The Labute approximate surface area is 153 Å². The first kappa shape index (κ1) is 19.3. The predicted molar refractivity (Wildman–Crippen MR) is 102 cm³/mol. The Morgan fingerprint density at radius 2 is 2.04 bits per heavy atom. The number of thiocarbonyl (C=S) groups is 1. The average Bonchev–Trinajstić information content (AvgIpc) is 3.07. The zero-order chi connectivity index (χ0) is 18.1. The van der Waals surface area contributed by atoms with Crippen molar-refractivity contribution in [3.05, 3.63) is 29.8 Å². The first-order valence-corrected chi connectivity index (χ1v) is 8.97. The van der Waals surface area contributed by atoms with Gasteiger partial charge >= 0.3 is 0 Å². The fraction of sp³-hybridized carbons (Fsp3) is 0.500. The average molecular weight is 363 g/mol. The SMILES string of the molecule is COCCNC(=O)c1cccc(NC(=S)NC(=O)CC2CCCC2)c1. The molecule has 0 aliphatic heterocycles. The van der Waals surface area contributed by atoms with Crippen molar-refractivity contribution < 1.29 is 14.3 Å². The van der Waals surface area contributed by atoms with Crippen molar-refractivity contribution in [3.8, 4) is 0 Å². The molecule has 1 aromatic rings. The number of carbonyl (C=O) groups excluding carboxylic acids is 2. The largest absolute Gasteiger partial charge is 0.383 e. The Bertz CT molecular complexity index is 615. The van der Waals surface area contributed by atoms with E-state index in [2.05, 4.69) is 16.0 Å². The standard InChI is InChI=1S/C18H25N3O3S/c1-24-10-9-19-17(23)14-7-4-8-15(12-14)20-18(25)21-16(22)11-13-5-2-3-6-13/h4,7-8,12-13H,2-3,5-6,9-11H2,1H3,(H,19,23)(H2,20,21,22,25). The quantitative estimate of drug-likeness (QED) is 0.512. The molecule has 25 heavy (non-hydrogen) atoms. The molecule has 7 heteroatoms. The van der Waals surface area contributed by atoms with Crippen molar-refractivity contribution in [2.45, 2.75) is 32.1 Å². The lowest BCUT2D eigenvalue weighted by molar-refractivity contribution is -0.120. The van der Waals surface area contributed by atoms with Crippen molar-refractivity contribution in [2.75, 3.05) is 25.6 Å². The summed E-state index contributed by atoms with van der Waals surface area (Å²) in [5.41, 5.74) is 1.17. The van der Waals surface area contributed by atoms with Gasteiger partial charge in [0.2, 0.25) is 5.91 Å². The van der Waals surface area contributed by atoms with Gasteiger partial charge in [-0.15, -0.1) is 0 Å². The van der Waals surface area contributed by atoms with Crippen molar-refractivity contribution in [2.24, 2.45) is 5.92 Å². The molecule has 0 saturated heterocycles. The summed E-state index contributed by atoms with van der Waals surface area (Å²) in [5, 5.41) is 8.67. The highest BCUT2D eigenvalue weighted by atomic mass is 32.1. The molecular formula is C18H25N3O3S. The Morgan fingerprint density at radius 3 is 2.76 bits per heavy atom. The molecule has 0 unspecified atom stereocenters. The topological polar surface area (TPSA) is 79.5 Å². The maximum atomic E-state index is 12.0. The van der Waals surface area contributed by atoms with Crippen LogP contribution in [0.5, 0.6) is 0 Å². The highest BCUT2D eigenvalue weighted by molar-refractivity contribution is 7.80. The maximum Gasteiger partial charge on any atom is 0.251 e. The second-order valence-electron chi connectivity index (χ2n) is 6.19. The highest BCUT2D eigenvalue weighted by Crippen LogP contribution is 2.27. The minimum Gasteiger partial charge on any atom is -0.383 e. The molecule has 1 fully saturated rings. The van der Waals surface area contributed by atoms with Crippen LogP contribution in [0, 0.1) is 5.92 Å². The lowest BCUT2D eigenvalue weighted by atomic mass is 10.0. The third-order valence-corrected chi connectivity index (χ3v) is 4.38. The molecule has 1 aliphatic rings. The minimum absolute atomic E-state index is 0.0575. The van der Waals surface area contributed by atoms with Crippen LogP contribution in [-0.2, 0) is 9.53 Å². The van der Waals surface area contributed by atoms with Gasteiger partial charge in [-0.3, -0.25) is 9.59 Å². The van der Waals surface area contributed by atoms with Gasteiger partial charge in [0.25, 0.3) is 5.91 Å². The first-order chi connectivity index (χ1) is 12.1. The van der Waals surface area contributed by atoms with E-state index in [0.717, 1.165) is 12.8 Å². The van der Waals surface area contributed by atoms with E-state index >= 15 is 0 Å². The van der Waals surface area contributed by atoms with Crippen LogP contribution in [0.1, 0.15) is 42.5 Å². The summed E-state index contributed by atoms with van der Waals surface area (Å²) in [5.74, 6) is 0.233. The zero-order valence-electron chi connectivity index (χ0n) is 14.5. The monoisotopic (exact) mass is 363 g/mol. The van der Waals surface area contributed by atoms with Gasteiger partial charge in [0.15, 0.2) is 5.11 Å².